The molecular formula is C11H12N2OS. The molecule has 0 saturated carbocycles. The van der Waals surface area contributed by atoms with Gasteiger partial charge in [0.15, 0.2) is 0 Å². The summed E-state index contributed by atoms with van der Waals surface area (Å²) in [6.45, 7) is 1.75. The van der Waals surface area contributed by atoms with Gasteiger partial charge in [-0.2, -0.15) is 0 Å². The molecule has 78 valence electrons. The summed E-state index contributed by atoms with van der Waals surface area (Å²) in [5, 5.41) is 10.3. The largest absolute Gasteiger partial charge is 0.388 e. The van der Waals surface area contributed by atoms with Gasteiger partial charge < -0.3 is 5.11 Å². The monoisotopic (exact) mass is 220 g/mol. The van der Waals surface area contributed by atoms with Gasteiger partial charge in [-0.15, -0.1) is 11.3 Å². The Kier molecular flexibility index (Phi) is 3.08. The van der Waals surface area contributed by atoms with Crippen LogP contribution in [0.2, 0.25) is 0 Å². The Balaban J connectivity index is 2.12. The molecule has 2 aromatic rings. The Morgan fingerprint density at radius 1 is 1.40 bits per heavy atom. The van der Waals surface area contributed by atoms with E-state index in [1.165, 1.54) is 11.3 Å². The summed E-state index contributed by atoms with van der Waals surface area (Å²) in [7, 11) is 0. The molecule has 1 atom stereocenters. The maximum absolute atomic E-state index is 9.36. The molecule has 0 spiro atoms. The van der Waals surface area contributed by atoms with Crippen molar-refractivity contribution < 1.29 is 5.11 Å². The Hall–Kier alpha value is -1.26. The molecular weight excluding hydrogens is 208 g/mol. The smallest absolute Gasteiger partial charge is 0.0988 e. The summed E-state index contributed by atoms with van der Waals surface area (Å²) in [6.07, 6.45) is 3.81. The first-order valence-corrected chi connectivity index (χ1v) is 5.60. The summed E-state index contributed by atoms with van der Waals surface area (Å²) in [4.78, 5) is 9.39. The van der Waals surface area contributed by atoms with E-state index in [-0.39, 0.29) is 0 Å². The van der Waals surface area contributed by atoms with Crippen molar-refractivity contribution in [2.45, 2.75) is 19.4 Å². The molecule has 2 rings (SSSR count). The van der Waals surface area contributed by atoms with Gasteiger partial charge in [-0.25, -0.2) is 4.98 Å². The van der Waals surface area contributed by atoms with E-state index in [4.69, 9.17) is 0 Å². The van der Waals surface area contributed by atoms with Crippen LogP contribution in [0.25, 0.3) is 0 Å². The zero-order valence-electron chi connectivity index (χ0n) is 8.42. The first-order valence-electron chi connectivity index (χ1n) is 4.78. The zero-order chi connectivity index (χ0) is 10.7. The molecule has 1 unspecified atom stereocenters. The second kappa shape index (κ2) is 4.51. The molecule has 2 heterocycles. The molecule has 0 aromatic carbocycles. The zero-order valence-corrected chi connectivity index (χ0v) is 9.24. The Morgan fingerprint density at radius 3 is 2.87 bits per heavy atom. The number of aliphatic hydroxyl groups excluding tert-OH is 1. The number of hydrogen-bond donors (Lipinski definition) is 1. The maximum Gasteiger partial charge on any atom is 0.0988 e. The van der Waals surface area contributed by atoms with Gasteiger partial charge in [0.2, 0.25) is 0 Å². The van der Waals surface area contributed by atoms with Crippen molar-refractivity contribution in [2.24, 2.45) is 0 Å². The number of pyridine rings is 1. The predicted molar refractivity (Wildman–Crippen MR) is 59.8 cm³/mol. The first-order chi connectivity index (χ1) is 7.25. The van der Waals surface area contributed by atoms with Crippen LogP contribution in [0.4, 0.5) is 0 Å². The lowest BCUT2D eigenvalue weighted by atomic mass is 10.3. The lowest BCUT2D eigenvalue weighted by molar-refractivity contribution is 0.203. The number of hydrogen-bond acceptors (Lipinski definition) is 4. The molecule has 3 nitrogen and oxygen atoms in total. The Labute approximate surface area is 92.5 Å². The van der Waals surface area contributed by atoms with E-state index in [1.54, 1.807) is 19.3 Å². The summed E-state index contributed by atoms with van der Waals surface area (Å²) >= 11 is 1.53. The van der Waals surface area contributed by atoms with Crippen LogP contribution in [0.15, 0.2) is 30.6 Å². The van der Waals surface area contributed by atoms with E-state index in [1.807, 2.05) is 18.2 Å². The molecule has 0 saturated heterocycles. The van der Waals surface area contributed by atoms with Crippen LogP contribution in [0.5, 0.6) is 0 Å². The minimum Gasteiger partial charge on any atom is -0.388 e. The van der Waals surface area contributed by atoms with E-state index >= 15 is 0 Å². The number of aliphatic hydroxyl groups is 1. The molecule has 0 aliphatic heterocycles. The lowest BCUT2D eigenvalue weighted by Gasteiger charge is -1.96. The summed E-state index contributed by atoms with van der Waals surface area (Å²) in [5.41, 5.74) is 1.00. The second-order valence-corrected chi connectivity index (χ2v) is 4.48. The number of thiazole rings is 1. The van der Waals surface area contributed by atoms with Crippen molar-refractivity contribution in [3.63, 3.8) is 0 Å². The highest BCUT2D eigenvalue weighted by Gasteiger charge is 2.07. The third-order valence-corrected chi connectivity index (χ3v) is 3.21. The van der Waals surface area contributed by atoms with Crippen LogP contribution in [-0.4, -0.2) is 15.1 Å². The van der Waals surface area contributed by atoms with Gasteiger partial charge in [-0.05, 0) is 19.1 Å². The summed E-state index contributed by atoms with van der Waals surface area (Å²) < 4.78 is 0. The van der Waals surface area contributed by atoms with Crippen molar-refractivity contribution in [1.82, 2.24) is 9.97 Å². The van der Waals surface area contributed by atoms with Gasteiger partial charge in [-0.3, -0.25) is 4.98 Å². The van der Waals surface area contributed by atoms with Crippen LogP contribution in [0.3, 0.4) is 0 Å². The van der Waals surface area contributed by atoms with Crippen LogP contribution in [0.1, 0.15) is 28.6 Å². The molecule has 0 radical (unpaired) electrons. The highest BCUT2D eigenvalue weighted by molar-refractivity contribution is 7.11. The van der Waals surface area contributed by atoms with Crippen LogP contribution < -0.4 is 0 Å². The van der Waals surface area contributed by atoms with E-state index in [2.05, 4.69) is 9.97 Å². The number of rotatable bonds is 3. The average Bonchev–Trinajstić information content (AvgIpc) is 2.68. The fourth-order valence-electron chi connectivity index (χ4n) is 1.26. The molecule has 0 bridgehead atoms. The molecule has 4 heteroatoms. The fraction of sp³-hybridized carbons (Fsp3) is 0.273. The van der Waals surface area contributed by atoms with Gasteiger partial charge in [0.25, 0.3) is 0 Å². The van der Waals surface area contributed by atoms with Gasteiger partial charge in [-0.1, -0.05) is 6.07 Å². The van der Waals surface area contributed by atoms with Crippen molar-refractivity contribution in [1.29, 1.82) is 0 Å². The SMILES string of the molecule is CC(O)c1cnc(Cc2ccccn2)s1. The quantitative estimate of drug-likeness (QED) is 0.862. The predicted octanol–water partition coefficient (Wildman–Crippen LogP) is 2.18. The Bertz CT molecular complexity index is 425. The van der Waals surface area contributed by atoms with E-state index < -0.39 is 6.10 Å². The van der Waals surface area contributed by atoms with Crippen LogP contribution in [-0.2, 0) is 6.42 Å². The van der Waals surface area contributed by atoms with Gasteiger partial charge >= 0.3 is 0 Å². The van der Waals surface area contributed by atoms with E-state index in [0.717, 1.165) is 22.0 Å². The molecule has 0 fully saturated rings. The van der Waals surface area contributed by atoms with E-state index in [9.17, 15) is 5.11 Å². The van der Waals surface area contributed by atoms with Crippen LogP contribution >= 0.6 is 11.3 Å². The highest BCUT2D eigenvalue weighted by Crippen LogP contribution is 2.21. The highest BCUT2D eigenvalue weighted by atomic mass is 32.1. The second-order valence-electron chi connectivity index (χ2n) is 3.33. The standard InChI is InChI=1S/C11H12N2OS/c1-8(14)10-7-13-11(15-10)6-9-4-2-3-5-12-9/h2-5,7-8,14H,6H2,1H3. The topological polar surface area (TPSA) is 46.0 Å². The molecule has 0 amide bonds. The van der Waals surface area contributed by atoms with Crippen molar-refractivity contribution >= 4 is 11.3 Å². The molecule has 1 N–H and O–H groups in total. The van der Waals surface area contributed by atoms with Gasteiger partial charge in [0, 0.05) is 24.5 Å². The third kappa shape index (κ3) is 2.61. The molecule has 15 heavy (non-hydrogen) atoms. The normalized spacial score (nSPS) is 12.7. The number of aromatic nitrogens is 2. The summed E-state index contributed by atoms with van der Waals surface area (Å²) in [5.74, 6) is 0. The molecule has 2 aromatic heterocycles. The number of nitrogens with zero attached hydrogens (tertiary/aromatic N) is 2. The minimum absolute atomic E-state index is 0.431. The summed E-state index contributed by atoms with van der Waals surface area (Å²) in [6, 6.07) is 5.83. The minimum atomic E-state index is -0.431. The molecule has 0 aliphatic rings. The van der Waals surface area contributed by atoms with Gasteiger partial charge in [0.1, 0.15) is 0 Å². The van der Waals surface area contributed by atoms with Gasteiger partial charge in [0.05, 0.1) is 16.0 Å². The maximum atomic E-state index is 9.36. The van der Waals surface area contributed by atoms with E-state index in [0.29, 0.717) is 0 Å². The first kappa shape index (κ1) is 10.3. The van der Waals surface area contributed by atoms with Crippen molar-refractivity contribution in [3.05, 3.63) is 46.2 Å². The third-order valence-electron chi connectivity index (χ3n) is 2.04. The molecule has 0 aliphatic carbocycles. The average molecular weight is 220 g/mol. The Morgan fingerprint density at radius 2 is 2.27 bits per heavy atom. The van der Waals surface area contributed by atoms with Crippen molar-refractivity contribution in [2.75, 3.05) is 0 Å². The lowest BCUT2D eigenvalue weighted by Crippen LogP contribution is -1.89. The van der Waals surface area contributed by atoms with Crippen molar-refractivity contribution in [3.8, 4) is 0 Å². The van der Waals surface area contributed by atoms with Crippen LogP contribution in [0, 0.1) is 0 Å². The fourth-order valence-corrected chi connectivity index (χ4v) is 2.13.